The van der Waals surface area contributed by atoms with Crippen LogP contribution in [0.3, 0.4) is 0 Å². The minimum atomic E-state index is -1.86. The summed E-state index contributed by atoms with van der Waals surface area (Å²) in [6, 6.07) is 0. The molecule has 4 nitrogen and oxygen atoms in total. The Morgan fingerprint density at radius 1 is 0.933 bits per heavy atom. The van der Waals surface area contributed by atoms with Gasteiger partial charge in [0.2, 0.25) is 0 Å². The summed E-state index contributed by atoms with van der Waals surface area (Å²) in [5.74, 6) is 0. The number of hydrogen-bond acceptors (Lipinski definition) is 4. The molecule has 0 saturated carbocycles. The van der Waals surface area contributed by atoms with Crippen LogP contribution >= 0.6 is 0 Å². The van der Waals surface area contributed by atoms with Gasteiger partial charge in [0.15, 0.2) is 0 Å². The molecule has 0 fully saturated rings. The van der Waals surface area contributed by atoms with E-state index in [0.29, 0.717) is 0 Å². The van der Waals surface area contributed by atoms with Crippen LogP contribution < -0.4 is 14.6 Å². The Bertz CT molecular complexity index is 173. The van der Waals surface area contributed by atoms with Gasteiger partial charge in [0.25, 0.3) is 0 Å². The van der Waals surface area contributed by atoms with Crippen LogP contribution in [0, 0.1) is 0 Å². The van der Waals surface area contributed by atoms with E-state index in [1.54, 1.807) is 0 Å². The lowest BCUT2D eigenvalue weighted by molar-refractivity contribution is 0.544. The molecule has 0 spiro atoms. The molecular weight excluding hydrogens is 220 g/mol. The molecule has 0 aliphatic carbocycles. The van der Waals surface area contributed by atoms with Crippen molar-refractivity contribution in [1.82, 2.24) is 19.2 Å². The zero-order chi connectivity index (χ0) is 12.1. The Labute approximate surface area is 97.2 Å². The highest BCUT2D eigenvalue weighted by Gasteiger charge is 2.39. The summed E-state index contributed by atoms with van der Waals surface area (Å²) < 4.78 is 6.16. The molecule has 0 rings (SSSR count). The van der Waals surface area contributed by atoms with Crippen LogP contribution in [0.25, 0.3) is 0 Å². The second-order valence-corrected chi connectivity index (χ2v) is 13.6. The molecule has 0 amide bonds. The Balaban J connectivity index is 4.77. The first-order valence-corrected chi connectivity index (χ1v) is 11.2. The third kappa shape index (κ3) is 5.23. The van der Waals surface area contributed by atoms with E-state index < -0.39 is 17.0 Å². The molecule has 6 heteroatoms. The van der Waals surface area contributed by atoms with E-state index in [2.05, 4.69) is 66.8 Å². The molecular formula is C9H28N4Si2. The number of hydrogen-bond donors (Lipinski definition) is 3. The van der Waals surface area contributed by atoms with Gasteiger partial charge in [0.05, 0.1) is 0 Å². The van der Waals surface area contributed by atoms with Crippen molar-refractivity contribution >= 4 is 17.0 Å². The molecule has 0 atom stereocenters. The van der Waals surface area contributed by atoms with Crippen LogP contribution in [-0.4, -0.2) is 48.7 Å². The van der Waals surface area contributed by atoms with Gasteiger partial charge in [-0.1, -0.05) is 33.5 Å². The second kappa shape index (κ2) is 6.12. The van der Waals surface area contributed by atoms with E-state index in [9.17, 15) is 0 Å². The molecule has 0 unspecified atom stereocenters. The van der Waals surface area contributed by atoms with Gasteiger partial charge in [-0.3, -0.25) is 4.57 Å². The summed E-state index contributed by atoms with van der Waals surface area (Å²) in [5, 5.41) is 0. The average molecular weight is 249 g/mol. The number of nitrogens with one attached hydrogen (secondary N) is 3. The maximum absolute atomic E-state index is 3.85. The lowest BCUT2D eigenvalue weighted by atomic mass is 10.8. The topological polar surface area (TPSA) is 39.3 Å². The highest BCUT2D eigenvalue weighted by atomic mass is 28.4. The SMILES string of the molecule is CCN[Si](NCC)(N[Si](C)(C)C)N(C)C. The third-order valence-corrected chi connectivity index (χ3v) is 9.61. The summed E-state index contributed by atoms with van der Waals surface area (Å²) >= 11 is 0. The van der Waals surface area contributed by atoms with Crippen LogP contribution in [0.2, 0.25) is 19.6 Å². The minimum absolute atomic E-state index is 0.995. The van der Waals surface area contributed by atoms with E-state index in [4.69, 9.17) is 0 Å². The van der Waals surface area contributed by atoms with Gasteiger partial charge in [0, 0.05) is 0 Å². The second-order valence-electron chi connectivity index (χ2n) is 5.04. The van der Waals surface area contributed by atoms with Gasteiger partial charge in [-0.25, -0.2) is 0 Å². The van der Waals surface area contributed by atoms with E-state index >= 15 is 0 Å². The Hall–Kier alpha value is 0.274. The molecule has 0 aromatic rings. The molecule has 0 aromatic heterocycles. The van der Waals surface area contributed by atoms with Crippen LogP contribution in [0.4, 0.5) is 0 Å². The molecule has 0 heterocycles. The van der Waals surface area contributed by atoms with Gasteiger partial charge < -0.3 is 14.6 Å². The largest absolute Gasteiger partial charge is 0.361 e. The Morgan fingerprint density at radius 2 is 1.33 bits per heavy atom. The van der Waals surface area contributed by atoms with Crippen molar-refractivity contribution < 1.29 is 0 Å². The summed E-state index contributed by atoms with van der Waals surface area (Å²) in [6.45, 7) is 13.3. The molecule has 0 saturated heterocycles. The van der Waals surface area contributed by atoms with Crippen LogP contribution in [-0.2, 0) is 0 Å². The fourth-order valence-electron chi connectivity index (χ4n) is 1.63. The molecule has 0 radical (unpaired) electrons. The zero-order valence-corrected chi connectivity index (χ0v) is 13.4. The standard InChI is InChI=1S/C9H28N4Si2/c1-8-10-15(11-9-2,13(3)4)12-14(5,6)7/h10-12H,8-9H2,1-7H3. The highest BCUT2D eigenvalue weighted by molar-refractivity contribution is 6.88. The first-order valence-electron chi connectivity index (χ1n) is 5.74. The molecule has 0 bridgehead atoms. The van der Waals surface area contributed by atoms with Crippen LogP contribution in [0.1, 0.15) is 13.8 Å². The maximum Gasteiger partial charge on any atom is 0.361 e. The quantitative estimate of drug-likeness (QED) is 0.578. The predicted molar refractivity (Wildman–Crippen MR) is 73.3 cm³/mol. The monoisotopic (exact) mass is 248 g/mol. The Kier molecular flexibility index (Phi) is 6.23. The van der Waals surface area contributed by atoms with Crippen molar-refractivity contribution in [3.8, 4) is 0 Å². The van der Waals surface area contributed by atoms with Gasteiger partial charge in [0.1, 0.15) is 8.24 Å². The minimum Gasteiger partial charge on any atom is -0.322 e. The van der Waals surface area contributed by atoms with Gasteiger partial charge in [-0.05, 0) is 27.2 Å². The van der Waals surface area contributed by atoms with Crippen molar-refractivity contribution in [1.29, 1.82) is 0 Å². The van der Waals surface area contributed by atoms with Crippen molar-refractivity contribution in [2.75, 3.05) is 27.2 Å². The smallest absolute Gasteiger partial charge is 0.322 e. The van der Waals surface area contributed by atoms with Crippen LogP contribution in [0.15, 0.2) is 0 Å². The summed E-state index contributed by atoms with van der Waals surface area (Å²) in [5.41, 5.74) is 0. The molecule has 0 aliphatic heterocycles. The van der Waals surface area contributed by atoms with E-state index in [0.717, 1.165) is 13.1 Å². The molecule has 0 aromatic carbocycles. The first kappa shape index (κ1) is 15.3. The van der Waals surface area contributed by atoms with Crippen molar-refractivity contribution in [2.24, 2.45) is 0 Å². The zero-order valence-electron chi connectivity index (χ0n) is 11.4. The lowest BCUT2D eigenvalue weighted by Gasteiger charge is -2.42. The first-order chi connectivity index (χ1) is 6.77. The predicted octanol–water partition coefficient (Wildman–Crippen LogP) is 0.627. The third-order valence-electron chi connectivity index (χ3n) is 2.09. The summed E-state index contributed by atoms with van der Waals surface area (Å²) in [4.78, 5) is 7.26. The van der Waals surface area contributed by atoms with Crippen LogP contribution in [0.5, 0.6) is 0 Å². The van der Waals surface area contributed by atoms with E-state index in [1.165, 1.54) is 0 Å². The lowest BCUT2D eigenvalue weighted by Crippen LogP contribution is -2.83. The van der Waals surface area contributed by atoms with Crippen molar-refractivity contribution in [2.45, 2.75) is 33.5 Å². The van der Waals surface area contributed by atoms with Crippen molar-refractivity contribution in [3.63, 3.8) is 0 Å². The summed E-state index contributed by atoms with van der Waals surface area (Å²) in [7, 11) is 1.14. The molecule has 92 valence electrons. The fourth-order valence-corrected chi connectivity index (χ4v) is 9.36. The van der Waals surface area contributed by atoms with E-state index in [1.807, 2.05) is 0 Å². The summed E-state index contributed by atoms with van der Waals surface area (Å²) in [6.07, 6.45) is 0. The number of rotatable bonds is 7. The van der Waals surface area contributed by atoms with Gasteiger partial charge in [-0.15, -0.1) is 0 Å². The number of nitrogens with zero attached hydrogens (tertiary/aromatic N) is 1. The van der Waals surface area contributed by atoms with E-state index in [-0.39, 0.29) is 0 Å². The normalized spacial score (nSPS) is 13.6. The van der Waals surface area contributed by atoms with Crippen molar-refractivity contribution in [3.05, 3.63) is 0 Å². The Morgan fingerprint density at radius 3 is 1.53 bits per heavy atom. The van der Waals surface area contributed by atoms with Gasteiger partial charge >= 0.3 is 8.72 Å². The molecule has 15 heavy (non-hydrogen) atoms. The molecule has 3 N–H and O–H groups in total. The fraction of sp³-hybridized carbons (Fsp3) is 1.00. The average Bonchev–Trinajstić information content (AvgIpc) is 2.01. The maximum atomic E-state index is 3.85. The molecule has 0 aliphatic rings. The highest BCUT2D eigenvalue weighted by Crippen LogP contribution is 2.02. The van der Waals surface area contributed by atoms with Gasteiger partial charge in [-0.2, -0.15) is 0 Å².